The van der Waals surface area contributed by atoms with Crippen molar-refractivity contribution in [3.63, 3.8) is 0 Å². The van der Waals surface area contributed by atoms with Crippen molar-refractivity contribution in [1.29, 1.82) is 0 Å². The highest BCUT2D eigenvalue weighted by atomic mass is 35.5. The van der Waals surface area contributed by atoms with Gasteiger partial charge < -0.3 is 9.46 Å². The molecule has 2 aromatic carbocycles. The fourth-order valence-electron chi connectivity index (χ4n) is 5.06. The Balaban J connectivity index is 1.58. The summed E-state index contributed by atoms with van der Waals surface area (Å²) < 4.78 is 58.5. The first kappa shape index (κ1) is 29.0. The number of piperidine rings is 1. The van der Waals surface area contributed by atoms with Gasteiger partial charge in [-0.3, -0.25) is 14.6 Å². The number of carbonyl (C=O) groups is 2. The summed E-state index contributed by atoms with van der Waals surface area (Å²) in [5.41, 5.74) is 0.0614. The Bertz CT molecular complexity index is 1460. The number of halogens is 4. The average molecular weight is 577 g/mol. The Kier molecular flexibility index (Phi) is 8.97. The number of carbonyl (C=O) groups excluding carboxylic acids is 2. The predicted octanol–water partition coefficient (Wildman–Crippen LogP) is 6.79. The number of amides is 1. The predicted molar refractivity (Wildman–Crippen MR) is 148 cm³/mol. The summed E-state index contributed by atoms with van der Waals surface area (Å²) in [6.07, 6.45) is 2.44. The second-order valence-electron chi connectivity index (χ2n) is 9.63. The monoisotopic (exact) mass is 576 g/mol. The normalized spacial score (nSPS) is 16.0. The van der Waals surface area contributed by atoms with Crippen LogP contribution in [0.2, 0.25) is 5.02 Å². The van der Waals surface area contributed by atoms with E-state index < -0.39 is 36.4 Å². The molecule has 1 aromatic heterocycles. The molecule has 5 nitrogen and oxygen atoms in total. The zero-order valence-corrected chi connectivity index (χ0v) is 23.4. The Hall–Kier alpha value is -2.96. The van der Waals surface area contributed by atoms with Gasteiger partial charge in [0, 0.05) is 48.3 Å². The largest absolute Gasteiger partial charge is 0.319 e. The van der Waals surface area contributed by atoms with Crippen molar-refractivity contribution in [3.05, 3.63) is 76.8 Å². The zero-order valence-electron chi connectivity index (χ0n) is 21.7. The molecule has 10 heteroatoms. The van der Waals surface area contributed by atoms with E-state index >= 15 is 8.78 Å². The van der Waals surface area contributed by atoms with Crippen molar-refractivity contribution in [3.8, 4) is 11.1 Å². The van der Waals surface area contributed by atoms with Crippen LogP contribution in [0.1, 0.15) is 38.8 Å². The molecule has 0 aliphatic carbocycles. The molecule has 1 amide bonds. The van der Waals surface area contributed by atoms with Gasteiger partial charge in [-0.15, -0.1) is 0 Å². The van der Waals surface area contributed by atoms with Gasteiger partial charge in [0.25, 0.3) is 0 Å². The molecule has 0 saturated carbocycles. The molecule has 0 unspecified atom stereocenters. The van der Waals surface area contributed by atoms with Gasteiger partial charge in [-0.05, 0) is 36.6 Å². The molecular formula is C29H29ClF3N2O3P. The lowest BCUT2D eigenvalue weighted by Crippen LogP contribution is -2.42. The lowest BCUT2D eigenvalue weighted by Gasteiger charge is -2.32. The molecule has 0 bridgehead atoms. The van der Waals surface area contributed by atoms with Crippen LogP contribution in [0.4, 0.5) is 18.9 Å². The lowest BCUT2D eigenvalue weighted by atomic mass is 9.90. The van der Waals surface area contributed by atoms with Crippen LogP contribution in [-0.2, 0) is 20.6 Å². The van der Waals surface area contributed by atoms with Crippen molar-refractivity contribution in [2.24, 2.45) is 5.92 Å². The van der Waals surface area contributed by atoms with E-state index in [9.17, 15) is 18.5 Å². The highest BCUT2D eigenvalue weighted by molar-refractivity contribution is 7.71. The van der Waals surface area contributed by atoms with Gasteiger partial charge in [-0.2, -0.15) is 0 Å². The van der Waals surface area contributed by atoms with Gasteiger partial charge in [-0.25, -0.2) is 13.2 Å². The van der Waals surface area contributed by atoms with E-state index in [2.05, 4.69) is 4.98 Å². The van der Waals surface area contributed by atoms with Crippen LogP contribution in [-0.4, -0.2) is 35.5 Å². The van der Waals surface area contributed by atoms with Gasteiger partial charge in [0.05, 0.1) is 22.8 Å². The minimum atomic E-state index is -2.79. The first-order chi connectivity index (χ1) is 18.6. The van der Waals surface area contributed by atoms with Gasteiger partial charge in [0.15, 0.2) is 11.6 Å². The summed E-state index contributed by atoms with van der Waals surface area (Å²) in [7, 11) is -2.79. The maximum absolute atomic E-state index is 15.5. The number of rotatable bonds is 9. The summed E-state index contributed by atoms with van der Waals surface area (Å²) in [5.74, 6) is -4.65. The summed E-state index contributed by atoms with van der Waals surface area (Å²) in [6, 6.07) is 10.5. The van der Waals surface area contributed by atoms with Crippen LogP contribution in [0.5, 0.6) is 0 Å². The van der Waals surface area contributed by atoms with Crippen molar-refractivity contribution < 1.29 is 27.3 Å². The van der Waals surface area contributed by atoms with Crippen LogP contribution in [0, 0.1) is 23.4 Å². The lowest BCUT2D eigenvalue weighted by molar-refractivity contribution is -0.128. The van der Waals surface area contributed by atoms with Crippen LogP contribution in [0.3, 0.4) is 0 Å². The molecule has 1 saturated heterocycles. The number of Topliss-reactive ketones (excluding diaryl/α,β-unsaturated/α-hetero) is 1. The summed E-state index contributed by atoms with van der Waals surface area (Å²) >= 11 is 5.70. The number of pyridine rings is 1. The standard InChI is InChI=1S/C29H29ClF3N2O3P/c1-3-39(38,4-2)26-10-6-5-9-21(26)22-11-12-25(28(33)27(22)32)35-13-7-8-18(29(35)37)14-20(36)16-24-23(31)15-19(30)17-34-24/h5-6,9-12,15,17-18H,3-4,7-8,13-14,16H2,1-2H3/t18-/m0/s1. The van der Waals surface area contributed by atoms with E-state index in [1.807, 2.05) is 13.8 Å². The molecule has 2 heterocycles. The van der Waals surface area contributed by atoms with Crippen LogP contribution in [0.25, 0.3) is 11.1 Å². The highest BCUT2D eigenvalue weighted by Crippen LogP contribution is 2.46. The number of nitrogens with zero attached hydrogens (tertiary/aromatic N) is 2. The molecule has 0 spiro atoms. The molecule has 0 radical (unpaired) electrons. The Morgan fingerprint density at radius 1 is 1.08 bits per heavy atom. The number of hydrogen-bond donors (Lipinski definition) is 0. The summed E-state index contributed by atoms with van der Waals surface area (Å²) in [6.45, 7) is 3.80. The Morgan fingerprint density at radius 2 is 1.79 bits per heavy atom. The van der Waals surface area contributed by atoms with Crippen LogP contribution < -0.4 is 10.2 Å². The van der Waals surface area contributed by atoms with Gasteiger partial charge >= 0.3 is 0 Å². The third-order valence-electron chi connectivity index (χ3n) is 7.28. The molecule has 3 aromatic rings. The van der Waals surface area contributed by atoms with Gasteiger partial charge in [0.2, 0.25) is 5.91 Å². The number of hydrogen-bond acceptors (Lipinski definition) is 4. The van der Waals surface area contributed by atoms with E-state index in [0.717, 1.165) is 6.07 Å². The van der Waals surface area contributed by atoms with E-state index in [1.165, 1.54) is 23.2 Å². The van der Waals surface area contributed by atoms with Crippen LogP contribution >= 0.6 is 18.7 Å². The van der Waals surface area contributed by atoms with E-state index in [-0.39, 0.29) is 47.1 Å². The molecule has 1 aliphatic rings. The van der Waals surface area contributed by atoms with Crippen molar-refractivity contribution in [2.45, 2.75) is 39.5 Å². The molecule has 1 aliphatic heterocycles. The fraction of sp³-hybridized carbons (Fsp3) is 0.345. The summed E-state index contributed by atoms with van der Waals surface area (Å²) in [4.78, 5) is 30.9. The SMILES string of the molecule is CCP(=O)(CC)c1ccccc1-c1ccc(N2CCC[C@@H](CC(=O)Cc3ncc(Cl)cc3F)C2=O)c(F)c1F. The third-order valence-corrected chi connectivity index (χ3v) is 10.8. The smallest absolute Gasteiger partial charge is 0.230 e. The van der Waals surface area contributed by atoms with Crippen molar-refractivity contribution >= 4 is 41.4 Å². The van der Waals surface area contributed by atoms with Gasteiger partial charge in [-0.1, -0.05) is 49.7 Å². The number of anilines is 1. The maximum atomic E-state index is 15.5. The van der Waals surface area contributed by atoms with E-state index in [4.69, 9.17) is 11.6 Å². The summed E-state index contributed by atoms with van der Waals surface area (Å²) in [5, 5.41) is 0.607. The Morgan fingerprint density at radius 3 is 2.49 bits per heavy atom. The quantitative estimate of drug-likeness (QED) is 0.263. The highest BCUT2D eigenvalue weighted by Gasteiger charge is 2.34. The topological polar surface area (TPSA) is 67.3 Å². The maximum Gasteiger partial charge on any atom is 0.230 e. The number of ketones is 1. The second kappa shape index (κ2) is 12.1. The average Bonchev–Trinajstić information content (AvgIpc) is 2.93. The van der Waals surface area contributed by atoms with Crippen molar-refractivity contribution in [2.75, 3.05) is 23.8 Å². The van der Waals surface area contributed by atoms with Crippen LogP contribution in [0.15, 0.2) is 48.7 Å². The molecule has 0 N–H and O–H groups in total. The molecular weight excluding hydrogens is 548 g/mol. The molecule has 206 valence electrons. The number of benzene rings is 2. The van der Waals surface area contributed by atoms with Gasteiger partial charge in [0.1, 0.15) is 18.7 Å². The zero-order chi connectivity index (χ0) is 28.3. The molecule has 1 fully saturated rings. The molecule has 39 heavy (non-hydrogen) atoms. The second-order valence-corrected chi connectivity index (χ2v) is 13.6. The minimum absolute atomic E-state index is 0.0253. The first-order valence-electron chi connectivity index (χ1n) is 12.9. The van der Waals surface area contributed by atoms with E-state index in [0.29, 0.717) is 36.0 Å². The van der Waals surface area contributed by atoms with Crippen molar-refractivity contribution in [1.82, 2.24) is 4.98 Å². The third kappa shape index (κ3) is 5.97. The first-order valence-corrected chi connectivity index (χ1v) is 15.3. The number of aromatic nitrogens is 1. The molecule has 1 atom stereocenters. The Labute approximate surface area is 230 Å². The fourth-order valence-corrected chi connectivity index (χ4v) is 7.33. The molecule has 4 rings (SSSR count). The van der Waals surface area contributed by atoms with E-state index in [1.54, 1.807) is 24.3 Å². The minimum Gasteiger partial charge on any atom is -0.319 e.